The number of phenolic OH excluding ortho intramolecular Hbond substituents is 1. The molecule has 4 nitrogen and oxygen atoms in total. The molecule has 1 saturated carbocycles. The maximum Gasteiger partial charge on any atom is 0.118 e. The fraction of sp³-hybridized carbons (Fsp3) is 0.500. The summed E-state index contributed by atoms with van der Waals surface area (Å²) in [5, 5.41) is 19.5. The molecule has 2 N–H and O–H groups in total. The molecule has 1 aliphatic rings. The van der Waals surface area contributed by atoms with Gasteiger partial charge in [0.15, 0.2) is 0 Å². The van der Waals surface area contributed by atoms with Gasteiger partial charge in [0.05, 0.1) is 12.6 Å². The summed E-state index contributed by atoms with van der Waals surface area (Å²) in [7, 11) is 0. The van der Waals surface area contributed by atoms with Crippen molar-refractivity contribution in [3.8, 4) is 5.75 Å². The third-order valence-corrected chi connectivity index (χ3v) is 4.90. The molecule has 1 aromatic heterocycles. The van der Waals surface area contributed by atoms with Crippen LogP contribution in [0.2, 0.25) is 0 Å². The molecular formula is C20H27NO3. The minimum atomic E-state index is -0.154. The lowest BCUT2D eigenvalue weighted by Crippen LogP contribution is -2.38. The normalized spacial score (nSPS) is 21.3. The van der Waals surface area contributed by atoms with Crippen molar-refractivity contribution in [2.24, 2.45) is 0 Å². The minimum absolute atomic E-state index is 0.154. The molecule has 0 unspecified atom stereocenters. The third-order valence-electron chi connectivity index (χ3n) is 4.90. The van der Waals surface area contributed by atoms with Crippen molar-refractivity contribution in [2.45, 2.75) is 64.3 Å². The molecule has 0 radical (unpaired) electrons. The Morgan fingerprint density at radius 3 is 2.46 bits per heavy atom. The lowest BCUT2D eigenvalue weighted by atomic mass is 9.91. The van der Waals surface area contributed by atoms with Gasteiger partial charge in [-0.15, -0.1) is 0 Å². The van der Waals surface area contributed by atoms with Crippen molar-refractivity contribution in [3.63, 3.8) is 0 Å². The predicted octanol–water partition coefficient (Wildman–Crippen LogP) is 3.85. The van der Waals surface area contributed by atoms with Crippen molar-refractivity contribution in [2.75, 3.05) is 0 Å². The van der Waals surface area contributed by atoms with Crippen molar-refractivity contribution >= 4 is 0 Å². The Bertz CT molecular complexity index is 644. The molecule has 0 amide bonds. The van der Waals surface area contributed by atoms with Crippen LogP contribution in [-0.4, -0.2) is 27.3 Å². The topological polar surface area (TPSA) is 56.8 Å². The van der Waals surface area contributed by atoms with E-state index in [0.29, 0.717) is 11.8 Å². The second-order valence-electron chi connectivity index (χ2n) is 6.76. The first kappa shape index (κ1) is 17.1. The Balaban J connectivity index is 1.74. The summed E-state index contributed by atoms with van der Waals surface area (Å²) in [5.74, 6) is 2.30. The molecule has 0 bridgehead atoms. The zero-order valence-electron chi connectivity index (χ0n) is 14.3. The summed E-state index contributed by atoms with van der Waals surface area (Å²) >= 11 is 0. The van der Waals surface area contributed by atoms with Crippen LogP contribution in [0.5, 0.6) is 5.75 Å². The van der Waals surface area contributed by atoms with Crippen LogP contribution in [0.1, 0.15) is 49.7 Å². The minimum Gasteiger partial charge on any atom is -0.508 e. The first-order valence-electron chi connectivity index (χ1n) is 8.91. The summed E-state index contributed by atoms with van der Waals surface area (Å²) in [6.45, 7) is 3.63. The summed E-state index contributed by atoms with van der Waals surface area (Å²) in [6, 6.07) is 12.0. The van der Waals surface area contributed by atoms with Crippen LogP contribution in [-0.2, 0) is 19.5 Å². The van der Waals surface area contributed by atoms with Crippen molar-refractivity contribution < 1.29 is 14.6 Å². The van der Waals surface area contributed by atoms with E-state index in [2.05, 4.69) is 17.9 Å². The maximum atomic E-state index is 9.79. The molecule has 0 spiro atoms. The van der Waals surface area contributed by atoms with Crippen molar-refractivity contribution in [1.29, 1.82) is 0 Å². The molecule has 2 aromatic rings. The maximum absolute atomic E-state index is 9.79. The van der Waals surface area contributed by atoms with Gasteiger partial charge in [-0.2, -0.15) is 0 Å². The Morgan fingerprint density at radius 1 is 1.04 bits per heavy atom. The lowest BCUT2D eigenvalue weighted by molar-refractivity contribution is 0.0631. The highest BCUT2D eigenvalue weighted by Crippen LogP contribution is 2.27. The van der Waals surface area contributed by atoms with Gasteiger partial charge >= 0.3 is 0 Å². The van der Waals surface area contributed by atoms with E-state index < -0.39 is 0 Å². The molecule has 1 aromatic carbocycles. The summed E-state index contributed by atoms with van der Waals surface area (Å²) in [5.41, 5.74) is 1.10. The molecule has 24 heavy (non-hydrogen) atoms. The van der Waals surface area contributed by atoms with E-state index in [4.69, 9.17) is 4.42 Å². The quantitative estimate of drug-likeness (QED) is 0.845. The molecule has 3 rings (SSSR count). The van der Waals surface area contributed by atoms with Gasteiger partial charge in [-0.05, 0) is 55.5 Å². The number of aryl methyl sites for hydroxylation is 1. The monoisotopic (exact) mass is 329 g/mol. The second-order valence-corrected chi connectivity index (χ2v) is 6.76. The van der Waals surface area contributed by atoms with E-state index in [0.717, 1.165) is 62.3 Å². The van der Waals surface area contributed by atoms with Crippen LogP contribution < -0.4 is 0 Å². The molecule has 0 atom stereocenters. The number of furan rings is 1. The van der Waals surface area contributed by atoms with Gasteiger partial charge in [0.2, 0.25) is 0 Å². The Hall–Kier alpha value is -1.78. The van der Waals surface area contributed by atoms with Crippen LogP contribution >= 0.6 is 0 Å². The average Bonchev–Trinajstić information content (AvgIpc) is 3.03. The first-order chi connectivity index (χ1) is 11.6. The van der Waals surface area contributed by atoms with Gasteiger partial charge in [0.1, 0.15) is 17.3 Å². The van der Waals surface area contributed by atoms with Gasteiger partial charge in [0, 0.05) is 19.0 Å². The van der Waals surface area contributed by atoms with Gasteiger partial charge in [0.25, 0.3) is 0 Å². The van der Waals surface area contributed by atoms with Crippen LogP contribution in [0.25, 0.3) is 0 Å². The van der Waals surface area contributed by atoms with Crippen molar-refractivity contribution in [3.05, 3.63) is 53.5 Å². The third kappa shape index (κ3) is 4.40. The standard InChI is InChI=1S/C20H27NO3/c1-2-19-10-11-20(24-19)14-21(16-6-8-17(22)9-7-16)13-15-4-3-5-18(23)12-15/h3-5,10-12,16-17,22-23H,2,6-9,13-14H2,1H3. The highest BCUT2D eigenvalue weighted by Gasteiger charge is 2.25. The van der Waals surface area contributed by atoms with Gasteiger partial charge < -0.3 is 14.6 Å². The molecule has 1 aliphatic carbocycles. The van der Waals surface area contributed by atoms with E-state index in [1.54, 1.807) is 6.07 Å². The van der Waals surface area contributed by atoms with Crippen LogP contribution in [0.3, 0.4) is 0 Å². The zero-order chi connectivity index (χ0) is 16.9. The smallest absolute Gasteiger partial charge is 0.118 e. The van der Waals surface area contributed by atoms with Crippen LogP contribution in [0.4, 0.5) is 0 Å². The van der Waals surface area contributed by atoms with Gasteiger partial charge in [-0.3, -0.25) is 4.90 Å². The number of benzene rings is 1. The first-order valence-corrected chi connectivity index (χ1v) is 8.91. The predicted molar refractivity (Wildman–Crippen MR) is 93.7 cm³/mol. The molecule has 130 valence electrons. The Labute approximate surface area is 143 Å². The summed E-state index contributed by atoms with van der Waals surface area (Å²) in [4.78, 5) is 2.42. The number of hydrogen-bond donors (Lipinski definition) is 2. The molecular weight excluding hydrogens is 302 g/mol. The fourth-order valence-corrected chi connectivity index (χ4v) is 3.52. The van der Waals surface area contributed by atoms with E-state index in [1.807, 2.05) is 24.3 Å². The number of rotatable bonds is 6. The average molecular weight is 329 g/mol. The Kier molecular flexibility index (Phi) is 5.59. The van der Waals surface area contributed by atoms with Gasteiger partial charge in [-0.25, -0.2) is 0 Å². The zero-order valence-corrected chi connectivity index (χ0v) is 14.3. The lowest BCUT2D eigenvalue weighted by Gasteiger charge is -2.35. The molecule has 0 aliphatic heterocycles. The van der Waals surface area contributed by atoms with Gasteiger partial charge in [-0.1, -0.05) is 19.1 Å². The van der Waals surface area contributed by atoms with Crippen molar-refractivity contribution in [1.82, 2.24) is 4.90 Å². The molecule has 4 heteroatoms. The molecule has 1 fully saturated rings. The van der Waals surface area contributed by atoms with E-state index in [-0.39, 0.29) is 6.10 Å². The summed E-state index contributed by atoms with van der Waals surface area (Å²) in [6.07, 6.45) is 4.48. The number of aliphatic hydroxyl groups is 1. The van der Waals surface area contributed by atoms with E-state index >= 15 is 0 Å². The van der Waals surface area contributed by atoms with Crippen LogP contribution in [0.15, 0.2) is 40.8 Å². The SMILES string of the molecule is CCc1ccc(CN(Cc2cccc(O)c2)C2CCC(O)CC2)o1. The number of aliphatic hydroxyl groups excluding tert-OH is 1. The number of aromatic hydroxyl groups is 1. The second kappa shape index (κ2) is 7.86. The molecule has 1 heterocycles. The molecule has 0 saturated heterocycles. The number of hydrogen-bond acceptors (Lipinski definition) is 4. The van der Waals surface area contributed by atoms with E-state index in [9.17, 15) is 10.2 Å². The highest BCUT2D eigenvalue weighted by molar-refractivity contribution is 5.27. The number of nitrogens with zero attached hydrogens (tertiary/aromatic N) is 1. The van der Waals surface area contributed by atoms with Crippen LogP contribution in [0, 0.1) is 0 Å². The highest BCUT2D eigenvalue weighted by atomic mass is 16.3. The summed E-state index contributed by atoms with van der Waals surface area (Å²) < 4.78 is 5.90. The largest absolute Gasteiger partial charge is 0.508 e. The fourth-order valence-electron chi connectivity index (χ4n) is 3.52. The number of phenols is 1. The van der Waals surface area contributed by atoms with E-state index in [1.165, 1.54) is 0 Å². The Morgan fingerprint density at radius 2 is 1.79 bits per heavy atom.